The van der Waals surface area contributed by atoms with Crippen LogP contribution in [0, 0.1) is 11.8 Å². The van der Waals surface area contributed by atoms with E-state index >= 15 is 0 Å². The zero-order chi connectivity index (χ0) is 17.8. The summed E-state index contributed by atoms with van der Waals surface area (Å²) in [5.74, 6) is -0.669. The number of aliphatic hydroxyl groups excluding tert-OH is 1. The van der Waals surface area contributed by atoms with Crippen molar-refractivity contribution in [1.29, 1.82) is 0 Å². The molecular weight excluding hydrogens is 342 g/mol. The van der Waals surface area contributed by atoms with E-state index in [2.05, 4.69) is 0 Å². The van der Waals surface area contributed by atoms with E-state index in [1.54, 1.807) is 6.07 Å². The molecule has 1 saturated carbocycles. The van der Waals surface area contributed by atoms with Crippen LogP contribution in [0.1, 0.15) is 47.2 Å². The molecule has 7 heteroatoms. The summed E-state index contributed by atoms with van der Waals surface area (Å²) >= 11 is 0. The van der Waals surface area contributed by atoms with Crippen LogP contribution < -0.4 is 0 Å². The minimum atomic E-state index is -3.71. The van der Waals surface area contributed by atoms with E-state index in [4.69, 9.17) is 0 Å². The van der Waals surface area contributed by atoms with Gasteiger partial charge in [-0.1, -0.05) is 0 Å². The molecule has 2 atom stereocenters. The Morgan fingerprint density at radius 1 is 1.08 bits per heavy atom. The van der Waals surface area contributed by atoms with Crippen LogP contribution in [0.4, 0.5) is 0 Å². The Morgan fingerprint density at radius 3 is 2.36 bits per heavy atom. The Labute approximate surface area is 147 Å². The van der Waals surface area contributed by atoms with Crippen molar-refractivity contribution in [2.24, 2.45) is 11.8 Å². The van der Waals surface area contributed by atoms with Crippen molar-refractivity contribution in [2.75, 3.05) is 13.1 Å². The molecule has 1 aromatic rings. The summed E-state index contributed by atoms with van der Waals surface area (Å²) in [5.41, 5.74) is 1.71. The smallest absolute Gasteiger partial charge is 0.335 e. The molecule has 1 aromatic carbocycles. The van der Waals surface area contributed by atoms with Crippen molar-refractivity contribution in [3.8, 4) is 0 Å². The zero-order valence-electron chi connectivity index (χ0n) is 14.0. The third kappa shape index (κ3) is 2.88. The lowest BCUT2D eigenvalue weighted by atomic mass is 9.90. The highest BCUT2D eigenvalue weighted by Crippen LogP contribution is 2.41. The maximum absolute atomic E-state index is 13.3. The van der Waals surface area contributed by atoms with Gasteiger partial charge in [-0.15, -0.1) is 0 Å². The fourth-order valence-corrected chi connectivity index (χ4v) is 6.62. The van der Waals surface area contributed by atoms with Gasteiger partial charge in [0.15, 0.2) is 0 Å². The number of carboxylic acids is 1. The largest absolute Gasteiger partial charge is 0.478 e. The molecule has 4 rings (SSSR count). The van der Waals surface area contributed by atoms with Gasteiger partial charge in [-0.25, -0.2) is 13.2 Å². The fraction of sp³-hybridized carbons (Fsp3) is 0.611. The molecule has 0 radical (unpaired) electrons. The predicted octanol–water partition coefficient (Wildman–Crippen LogP) is 1.65. The number of fused-ring (bicyclic) bond motifs is 2. The number of rotatable bonds is 3. The highest BCUT2D eigenvalue weighted by molar-refractivity contribution is 7.89. The van der Waals surface area contributed by atoms with E-state index in [1.807, 2.05) is 0 Å². The van der Waals surface area contributed by atoms with E-state index in [9.17, 15) is 23.4 Å². The molecule has 136 valence electrons. The Bertz CT molecular complexity index is 805. The molecule has 0 spiro atoms. The van der Waals surface area contributed by atoms with Crippen LogP contribution in [0.2, 0.25) is 0 Å². The first kappa shape index (κ1) is 17.0. The number of carbonyl (C=O) groups is 1. The van der Waals surface area contributed by atoms with Gasteiger partial charge in [0.2, 0.25) is 10.0 Å². The Kier molecular flexibility index (Phi) is 4.13. The van der Waals surface area contributed by atoms with Crippen LogP contribution in [0.15, 0.2) is 17.0 Å². The van der Waals surface area contributed by atoms with Crippen LogP contribution >= 0.6 is 0 Å². The van der Waals surface area contributed by atoms with Crippen molar-refractivity contribution in [2.45, 2.75) is 49.5 Å². The third-order valence-electron chi connectivity index (χ3n) is 5.98. The molecular formula is C18H23NO5S. The van der Waals surface area contributed by atoms with Crippen LogP contribution in [-0.2, 0) is 22.9 Å². The average Bonchev–Trinajstić information content (AvgIpc) is 3.11. The number of nitrogens with zero attached hydrogens (tertiary/aromatic N) is 1. The Hall–Kier alpha value is -1.44. The van der Waals surface area contributed by atoms with Crippen LogP contribution in [0.5, 0.6) is 0 Å². The van der Waals surface area contributed by atoms with E-state index < -0.39 is 16.0 Å². The van der Waals surface area contributed by atoms with E-state index in [-0.39, 0.29) is 28.4 Å². The molecule has 2 aliphatic carbocycles. The SMILES string of the molecule is O=C(O)c1cc2c(c(S(=O)(=O)N3CC4CC(O)CC4C3)c1)CCCC2. The highest BCUT2D eigenvalue weighted by Gasteiger charge is 2.45. The molecule has 1 heterocycles. The molecule has 0 bridgehead atoms. The predicted molar refractivity (Wildman–Crippen MR) is 91.0 cm³/mol. The molecule has 1 aliphatic heterocycles. The molecule has 2 fully saturated rings. The normalized spacial score (nSPS) is 29.4. The molecule has 0 aromatic heterocycles. The number of carboxylic acid groups (broad SMARTS) is 1. The number of aryl methyl sites for hydroxylation is 1. The minimum Gasteiger partial charge on any atom is -0.478 e. The second-order valence-corrected chi connectivity index (χ2v) is 9.50. The maximum atomic E-state index is 13.3. The second-order valence-electron chi connectivity index (χ2n) is 7.59. The quantitative estimate of drug-likeness (QED) is 0.849. The van der Waals surface area contributed by atoms with Gasteiger partial charge in [-0.05, 0) is 73.6 Å². The van der Waals surface area contributed by atoms with E-state index in [0.29, 0.717) is 32.4 Å². The lowest BCUT2D eigenvalue weighted by Crippen LogP contribution is -2.32. The van der Waals surface area contributed by atoms with Gasteiger partial charge in [0.1, 0.15) is 0 Å². The van der Waals surface area contributed by atoms with Gasteiger partial charge < -0.3 is 10.2 Å². The van der Waals surface area contributed by atoms with Gasteiger partial charge in [0, 0.05) is 13.1 Å². The van der Waals surface area contributed by atoms with Crippen LogP contribution in [0.25, 0.3) is 0 Å². The summed E-state index contributed by atoms with van der Waals surface area (Å²) < 4.78 is 28.0. The Morgan fingerprint density at radius 2 is 1.72 bits per heavy atom. The summed E-state index contributed by atoms with van der Waals surface area (Å²) in [6.45, 7) is 0.853. The molecule has 25 heavy (non-hydrogen) atoms. The number of aromatic carboxylic acids is 1. The second kappa shape index (κ2) is 6.07. The van der Waals surface area contributed by atoms with Gasteiger partial charge in [0.25, 0.3) is 0 Å². The van der Waals surface area contributed by atoms with Gasteiger partial charge in [0.05, 0.1) is 16.6 Å². The molecule has 1 saturated heterocycles. The highest BCUT2D eigenvalue weighted by atomic mass is 32.2. The minimum absolute atomic E-state index is 0.0500. The zero-order valence-corrected chi connectivity index (χ0v) is 14.8. The van der Waals surface area contributed by atoms with Crippen molar-refractivity contribution in [3.05, 3.63) is 28.8 Å². The van der Waals surface area contributed by atoms with Gasteiger partial charge >= 0.3 is 5.97 Å². The summed E-state index contributed by atoms with van der Waals surface area (Å²) in [4.78, 5) is 11.6. The number of hydrogen-bond acceptors (Lipinski definition) is 4. The summed E-state index contributed by atoms with van der Waals surface area (Å²) in [6.07, 6.45) is 4.30. The monoisotopic (exact) mass is 365 g/mol. The first-order valence-corrected chi connectivity index (χ1v) is 10.4. The number of sulfonamides is 1. The van der Waals surface area contributed by atoms with E-state index in [0.717, 1.165) is 30.4 Å². The standard InChI is InChI=1S/C18H23NO5S/c20-15-6-13-9-19(10-14(13)7-15)25(23,24)17-8-12(18(21)22)5-11-3-1-2-4-16(11)17/h5,8,13-15,20H,1-4,6-7,9-10H2,(H,21,22). The fourth-order valence-electron chi connectivity index (χ4n) is 4.74. The lowest BCUT2D eigenvalue weighted by molar-refractivity contribution is 0.0696. The van der Waals surface area contributed by atoms with Crippen LogP contribution in [0.3, 0.4) is 0 Å². The number of hydrogen-bond donors (Lipinski definition) is 2. The molecule has 3 aliphatic rings. The van der Waals surface area contributed by atoms with Crippen molar-refractivity contribution < 1.29 is 23.4 Å². The van der Waals surface area contributed by atoms with Crippen molar-refractivity contribution in [1.82, 2.24) is 4.31 Å². The molecule has 6 nitrogen and oxygen atoms in total. The number of aliphatic hydroxyl groups is 1. The van der Waals surface area contributed by atoms with Gasteiger partial charge in [-0.2, -0.15) is 4.31 Å². The first-order chi connectivity index (χ1) is 11.9. The summed E-state index contributed by atoms with van der Waals surface area (Å²) in [7, 11) is -3.71. The van der Waals surface area contributed by atoms with Crippen molar-refractivity contribution in [3.63, 3.8) is 0 Å². The van der Waals surface area contributed by atoms with Crippen LogP contribution in [-0.4, -0.2) is 48.1 Å². The van der Waals surface area contributed by atoms with Gasteiger partial charge in [-0.3, -0.25) is 0 Å². The topological polar surface area (TPSA) is 94.9 Å². The molecule has 2 N–H and O–H groups in total. The summed E-state index contributed by atoms with van der Waals surface area (Å²) in [5, 5.41) is 19.1. The molecule has 2 unspecified atom stereocenters. The number of benzene rings is 1. The Balaban J connectivity index is 1.73. The average molecular weight is 365 g/mol. The lowest BCUT2D eigenvalue weighted by Gasteiger charge is -2.24. The molecule has 0 amide bonds. The maximum Gasteiger partial charge on any atom is 0.335 e. The summed E-state index contributed by atoms with van der Waals surface area (Å²) in [6, 6.07) is 2.97. The third-order valence-corrected chi connectivity index (χ3v) is 7.88. The first-order valence-electron chi connectivity index (χ1n) is 8.93. The van der Waals surface area contributed by atoms with Crippen molar-refractivity contribution >= 4 is 16.0 Å². The van der Waals surface area contributed by atoms with E-state index in [1.165, 1.54) is 10.4 Å².